The molecule has 2 heterocycles. The number of hydrogen-bond donors (Lipinski definition) is 2. The third-order valence-corrected chi connectivity index (χ3v) is 3.72. The zero-order chi connectivity index (χ0) is 14.7. The van der Waals surface area contributed by atoms with E-state index in [9.17, 15) is 14.9 Å². The number of nitrogens with one attached hydrogen (secondary N) is 1. The summed E-state index contributed by atoms with van der Waals surface area (Å²) in [4.78, 5) is 26.0. The van der Waals surface area contributed by atoms with E-state index >= 15 is 0 Å². The minimum Gasteiger partial charge on any atom is -0.478 e. The van der Waals surface area contributed by atoms with Crippen LogP contribution in [0.4, 0.5) is 11.5 Å². The van der Waals surface area contributed by atoms with Crippen LogP contribution >= 0.6 is 11.3 Å². The van der Waals surface area contributed by atoms with Crippen molar-refractivity contribution in [1.29, 1.82) is 0 Å². The van der Waals surface area contributed by atoms with Crippen LogP contribution in [-0.4, -0.2) is 21.0 Å². The van der Waals surface area contributed by atoms with Gasteiger partial charge in [0.15, 0.2) is 0 Å². The van der Waals surface area contributed by atoms with Crippen molar-refractivity contribution >= 4 is 28.8 Å². The largest absolute Gasteiger partial charge is 0.478 e. The second kappa shape index (κ2) is 5.66. The van der Waals surface area contributed by atoms with E-state index < -0.39 is 10.9 Å². The molecule has 0 radical (unpaired) electrons. The quantitative estimate of drug-likeness (QED) is 0.648. The van der Waals surface area contributed by atoms with E-state index in [0.29, 0.717) is 6.54 Å². The number of carboxylic acids is 1. The lowest BCUT2D eigenvalue weighted by molar-refractivity contribution is -0.384. The number of pyridine rings is 1. The zero-order valence-electron chi connectivity index (χ0n) is 10.5. The molecule has 104 valence electrons. The first-order chi connectivity index (χ1) is 9.49. The molecule has 0 spiro atoms. The highest BCUT2D eigenvalue weighted by molar-refractivity contribution is 7.10. The number of anilines is 1. The van der Waals surface area contributed by atoms with Crippen molar-refractivity contribution in [2.75, 3.05) is 5.32 Å². The Morgan fingerprint density at radius 1 is 1.60 bits per heavy atom. The molecule has 0 fully saturated rings. The third kappa shape index (κ3) is 2.91. The lowest BCUT2D eigenvalue weighted by atomic mass is 10.2. The summed E-state index contributed by atoms with van der Waals surface area (Å²) in [5, 5.41) is 24.6. The number of carbonyl (C=O) groups is 1. The average molecular weight is 293 g/mol. The lowest BCUT2D eigenvalue weighted by Gasteiger charge is -2.06. The number of aromatic nitrogens is 1. The van der Waals surface area contributed by atoms with Crippen molar-refractivity contribution in [2.24, 2.45) is 0 Å². The molecule has 0 saturated heterocycles. The Bertz CT molecular complexity index is 668. The van der Waals surface area contributed by atoms with Gasteiger partial charge in [0, 0.05) is 17.1 Å². The maximum absolute atomic E-state index is 11.0. The van der Waals surface area contributed by atoms with Gasteiger partial charge in [-0.05, 0) is 23.9 Å². The van der Waals surface area contributed by atoms with Crippen molar-refractivity contribution < 1.29 is 14.8 Å². The summed E-state index contributed by atoms with van der Waals surface area (Å²) >= 11 is 1.54. The van der Waals surface area contributed by atoms with E-state index in [2.05, 4.69) is 10.3 Å². The van der Waals surface area contributed by atoms with E-state index in [1.165, 1.54) is 11.3 Å². The molecule has 0 amide bonds. The van der Waals surface area contributed by atoms with Crippen LogP contribution in [0.3, 0.4) is 0 Å². The highest BCUT2D eigenvalue weighted by atomic mass is 32.1. The SMILES string of the molecule is Cc1ccsc1CNc1ncc(C(=O)O)cc1[N+](=O)[O-]. The number of nitro groups is 1. The van der Waals surface area contributed by atoms with Gasteiger partial charge in [-0.15, -0.1) is 11.3 Å². The normalized spacial score (nSPS) is 10.2. The molecular formula is C12H11N3O4S. The number of hydrogen-bond acceptors (Lipinski definition) is 6. The van der Waals surface area contributed by atoms with Crippen molar-refractivity contribution in [1.82, 2.24) is 4.98 Å². The van der Waals surface area contributed by atoms with Crippen LogP contribution in [0.15, 0.2) is 23.7 Å². The second-order valence-corrected chi connectivity index (χ2v) is 5.03. The molecule has 8 heteroatoms. The number of carboxylic acid groups (broad SMARTS) is 1. The molecule has 2 aromatic heterocycles. The first-order valence-corrected chi connectivity index (χ1v) is 6.51. The standard InChI is InChI=1S/C12H11N3O4S/c1-7-2-3-20-10(7)6-14-11-9(15(18)19)4-8(5-13-11)12(16)17/h2-5H,6H2,1H3,(H,13,14)(H,16,17). The highest BCUT2D eigenvalue weighted by Crippen LogP contribution is 2.24. The number of rotatable bonds is 5. The van der Waals surface area contributed by atoms with Crippen LogP contribution in [0.25, 0.3) is 0 Å². The predicted molar refractivity (Wildman–Crippen MR) is 74.2 cm³/mol. The van der Waals surface area contributed by atoms with Gasteiger partial charge in [0.05, 0.1) is 17.0 Å². The van der Waals surface area contributed by atoms with Gasteiger partial charge < -0.3 is 10.4 Å². The van der Waals surface area contributed by atoms with E-state index in [0.717, 1.165) is 22.7 Å². The fraction of sp³-hybridized carbons (Fsp3) is 0.167. The third-order valence-electron chi connectivity index (χ3n) is 2.70. The second-order valence-electron chi connectivity index (χ2n) is 4.03. The van der Waals surface area contributed by atoms with Gasteiger partial charge in [0.2, 0.25) is 5.82 Å². The van der Waals surface area contributed by atoms with Crippen molar-refractivity contribution in [2.45, 2.75) is 13.5 Å². The van der Waals surface area contributed by atoms with E-state index in [1.807, 2.05) is 18.4 Å². The van der Waals surface area contributed by atoms with Gasteiger partial charge in [0.1, 0.15) is 0 Å². The van der Waals surface area contributed by atoms with Gasteiger partial charge in [0.25, 0.3) is 0 Å². The Hall–Kier alpha value is -2.48. The number of thiophene rings is 1. The topological polar surface area (TPSA) is 105 Å². The molecule has 0 atom stereocenters. The van der Waals surface area contributed by atoms with Crippen molar-refractivity contribution in [3.63, 3.8) is 0 Å². The molecule has 0 aliphatic heterocycles. The molecule has 0 aliphatic rings. The molecule has 0 bridgehead atoms. The van der Waals surface area contributed by atoms with Crippen LogP contribution in [0.2, 0.25) is 0 Å². The maximum Gasteiger partial charge on any atom is 0.337 e. The Balaban J connectivity index is 2.25. The van der Waals surface area contributed by atoms with E-state index in [-0.39, 0.29) is 17.1 Å². The van der Waals surface area contributed by atoms with E-state index in [4.69, 9.17) is 5.11 Å². The molecule has 2 aromatic rings. The van der Waals surface area contributed by atoms with Gasteiger partial charge >= 0.3 is 11.7 Å². The number of aromatic carboxylic acids is 1. The van der Waals surface area contributed by atoms with Crippen LogP contribution in [0, 0.1) is 17.0 Å². The molecule has 2 rings (SSSR count). The summed E-state index contributed by atoms with van der Waals surface area (Å²) in [5.41, 5.74) is 0.529. The first kappa shape index (κ1) is 13.9. The van der Waals surface area contributed by atoms with Crippen molar-refractivity contribution in [3.05, 3.63) is 49.8 Å². The predicted octanol–water partition coefficient (Wildman–Crippen LogP) is 2.67. The van der Waals surface area contributed by atoms with Crippen LogP contribution in [0.5, 0.6) is 0 Å². The van der Waals surface area contributed by atoms with Gasteiger partial charge in [-0.25, -0.2) is 9.78 Å². The Morgan fingerprint density at radius 2 is 2.35 bits per heavy atom. The Labute approximate surface area is 118 Å². The summed E-state index contributed by atoms with van der Waals surface area (Å²) in [6, 6.07) is 2.95. The Kier molecular flexibility index (Phi) is 3.94. The molecule has 0 saturated carbocycles. The monoisotopic (exact) mass is 293 g/mol. The van der Waals surface area contributed by atoms with Gasteiger partial charge in [-0.3, -0.25) is 10.1 Å². The minimum absolute atomic E-state index is 0.0628. The molecule has 7 nitrogen and oxygen atoms in total. The fourth-order valence-corrected chi connectivity index (χ4v) is 2.44. The first-order valence-electron chi connectivity index (χ1n) is 5.63. The molecular weight excluding hydrogens is 282 g/mol. The minimum atomic E-state index is -1.25. The molecule has 0 aliphatic carbocycles. The molecule has 0 unspecified atom stereocenters. The summed E-state index contributed by atoms with van der Waals surface area (Å²) < 4.78 is 0. The summed E-state index contributed by atoms with van der Waals surface area (Å²) in [5.74, 6) is -1.19. The van der Waals surface area contributed by atoms with E-state index in [1.54, 1.807) is 0 Å². The van der Waals surface area contributed by atoms with Crippen molar-refractivity contribution in [3.8, 4) is 0 Å². The zero-order valence-corrected chi connectivity index (χ0v) is 11.3. The molecule has 2 N–H and O–H groups in total. The smallest absolute Gasteiger partial charge is 0.337 e. The summed E-state index contributed by atoms with van der Waals surface area (Å²) in [6.45, 7) is 2.35. The van der Waals surface area contributed by atoms with Crippen LogP contribution in [0.1, 0.15) is 20.8 Å². The number of nitrogens with zero attached hydrogens (tertiary/aromatic N) is 2. The summed E-state index contributed by atoms with van der Waals surface area (Å²) in [6.07, 6.45) is 1.10. The molecule has 0 aromatic carbocycles. The summed E-state index contributed by atoms with van der Waals surface area (Å²) in [7, 11) is 0. The van der Waals surface area contributed by atoms with Gasteiger partial charge in [-0.1, -0.05) is 0 Å². The van der Waals surface area contributed by atoms with Crippen LogP contribution in [-0.2, 0) is 6.54 Å². The highest BCUT2D eigenvalue weighted by Gasteiger charge is 2.18. The van der Waals surface area contributed by atoms with Crippen LogP contribution < -0.4 is 5.32 Å². The number of aryl methyl sites for hydroxylation is 1. The fourth-order valence-electron chi connectivity index (χ4n) is 1.59. The average Bonchev–Trinajstić information content (AvgIpc) is 2.81. The molecule has 20 heavy (non-hydrogen) atoms. The maximum atomic E-state index is 11.0. The van der Waals surface area contributed by atoms with Gasteiger partial charge in [-0.2, -0.15) is 0 Å². The Morgan fingerprint density at radius 3 is 2.90 bits per heavy atom. The lowest BCUT2D eigenvalue weighted by Crippen LogP contribution is -2.07.